The Morgan fingerprint density at radius 2 is 2.43 bits per heavy atom. The lowest BCUT2D eigenvalue weighted by Crippen LogP contribution is -2.27. The van der Waals surface area contributed by atoms with Crippen molar-refractivity contribution in [3.05, 3.63) is 27.9 Å². The molecular weight excluding hydrogens is 208 g/mol. The van der Waals surface area contributed by atoms with Gasteiger partial charge in [0, 0.05) is 13.3 Å². The Bertz CT molecular complexity index is 388. The molecule has 1 rings (SSSR count). The molecular formula is C8H9ClN2O3. The molecule has 6 heteroatoms. The zero-order valence-corrected chi connectivity index (χ0v) is 8.32. The van der Waals surface area contributed by atoms with E-state index in [-0.39, 0.29) is 18.9 Å². The number of ketones is 1. The van der Waals surface area contributed by atoms with Crippen molar-refractivity contribution in [2.24, 2.45) is 0 Å². The maximum atomic E-state index is 11.1. The van der Waals surface area contributed by atoms with Crippen molar-refractivity contribution in [3.8, 4) is 0 Å². The van der Waals surface area contributed by atoms with Gasteiger partial charge in [-0.2, -0.15) is 0 Å². The van der Waals surface area contributed by atoms with Crippen molar-refractivity contribution in [3.63, 3.8) is 0 Å². The van der Waals surface area contributed by atoms with E-state index < -0.39 is 5.69 Å². The number of aromatic nitrogens is 2. The summed E-state index contributed by atoms with van der Waals surface area (Å²) < 4.78 is 5.77. The third kappa shape index (κ3) is 2.93. The van der Waals surface area contributed by atoms with E-state index in [0.29, 0.717) is 5.02 Å². The Labute approximate surface area is 85.3 Å². The third-order valence-corrected chi connectivity index (χ3v) is 1.67. The molecule has 1 aromatic rings. The van der Waals surface area contributed by atoms with Crippen LogP contribution in [0.3, 0.4) is 0 Å². The Morgan fingerprint density at radius 3 is 3.07 bits per heavy atom. The van der Waals surface area contributed by atoms with Gasteiger partial charge in [-0.3, -0.25) is 9.36 Å². The van der Waals surface area contributed by atoms with E-state index >= 15 is 0 Å². The number of hydrogen-bond acceptors (Lipinski definition) is 4. The molecule has 5 nitrogen and oxygen atoms in total. The Morgan fingerprint density at radius 1 is 1.71 bits per heavy atom. The minimum absolute atomic E-state index is 0.0288. The highest BCUT2D eigenvalue weighted by atomic mass is 35.5. The Hall–Kier alpha value is -1.20. The molecule has 0 aliphatic rings. The number of rotatable bonds is 4. The number of carbonyl (C=O) groups is 1. The second kappa shape index (κ2) is 4.88. The zero-order chi connectivity index (χ0) is 10.6. The number of ether oxygens (including phenoxy) is 1. The van der Waals surface area contributed by atoms with E-state index in [1.165, 1.54) is 19.5 Å². The topological polar surface area (TPSA) is 61.2 Å². The summed E-state index contributed by atoms with van der Waals surface area (Å²) in [7, 11) is 1.41. The number of nitrogens with zero attached hydrogens (tertiary/aromatic N) is 2. The lowest BCUT2D eigenvalue weighted by atomic mass is 10.4. The standard InChI is InChI=1S/C8H9ClN2O3/c1-14-5-7(12)4-11-3-6(9)2-10-8(11)13/h2-3H,4-5H2,1H3. The Balaban J connectivity index is 2.81. The molecule has 0 spiro atoms. The molecule has 0 aliphatic heterocycles. The smallest absolute Gasteiger partial charge is 0.348 e. The minimum Gasteiger partial charge on any atom is -0.377 e. The van der Waals surface area contributed by atoms with E-state index in [2.05, 4.69) is 9.72 Å². The van der Waals surface area contributed by atoms with Crippen LogP contribution in [0, 0.1) is 0 Å². The number of halogens is 1. The molecule has 0 aliphatic carbocycles. The van der Waals surface area contributed by atoms with E-state index in [1.54, 1.807) is 0 Å². The molecule has 1 heterocycles. The van der Waals surface area contributed by atoms with Crippen LogP contribution in [0.1, 0.15) is 0 Å². The first kappa shape index (κ1) is 10.9. The third-order valence-electron chi connectivity index (χ3n) is 1.48. The van der Waals surface area contributed by atoms with Gasteiger partial charge in [-0.05, 0) is 0 Å². The average Bonchev–Trinajstić information content (AvgIpc) is 2.12. The number of hydrogen-bond donors (Lipinski definition) is 0. The van der Waals surface area contributed by atoms with Crippen LogP contribution in [0.5, 0.6) is 0 Å². The molecule has 0 fully saturated rings. The van der Waals surface area contributed by atoms with Crippen LogP contribution < -0.4 is 5.69 Å². The zero-order valence-electron chi connectivity index (χ0n) is 7.57. The molecule has 0 saturated heterocycles. The summed E-state index contributed by atoms with van der Waals surface area (Å²) >= 11 is 5.61. The van der Waals surface area contributed by atoms with Crippen LogP contribution >= 0.6 is 11.6 Å². The molecule has 76 valence electrons. The molecule has 0 radical (unpaired) electrons. The Kier molecular flexibility index (Phi) is 3.79. The highest BCUT2D eigenvalue weighted by Crippen LogP contribution is 2.01. The second-order valence-corrected chi connectivity index (χ2v) is 3.09. The average molecular weight is 217 g/mol. The van der Waals surface area contributed by atoms with Gasteiger partial charge in [0.25, 0.3) is 0 Å². The van der Waals surface area contributed by atoms with E-state index in [1.807, 2.05) is 0 Å². The van der Waals surface area contributed by atoms with Crippen molar-refractivity contribution in [2.45, 2.75) is 6.54 Å². The van der Waals surface area contributed by atoms with Crippen LogP contribution in [-0.2, 0) is 16.1 Å². The fourth-order valence-electron chi connectivity index (χ4n) is 0.938. The summed E-state index contributed by atoms with van der Waals surface area (Å²) in [5.74, 6) is -0.210. The molecule has 0 N–H and O–H groups in total. The molecule has 0 unspecified atom stereocenters. The summed E-state index contributed by atoms with van der Waals surface area (Å²) in [5, 5.41) is 0.315. The van der Waals surface area contributed by atoms with Crippen LogP contribution in [0.15, 0.2) is 17.2 Å². The van der Waals surface area contributed by atoms with Crippen molar-refractivity contribution in [2.75, 3.05) is 13.7 Å². The number of carbonyl (C=O) groups excluding carboxylic acids is 1. The summed E-state index contributed by atoms with van der Waals surface area (Å²) in [6.07, 6.45) is 2.60. The van der Waals surface area contributed by atoms with Crippen molar-refractivity contribution < 1.29 is 9.53 Å². The minimum atomic E-state index is -0.501. The summed E-state index contributed by atoms with van der Waals surface area (Å²) in [6.45, 7) is -0.0980. The van der Waals surface area contributed by atoms with Gasteiger partial charge < -0.3 is 4.74 Å². The first-order chi connectivity index (χ1) is 6.63. The lowest BCUT2D eigenvalue weighted by molar-refractivity contribution is -0.123. The van der Waals surface area contributed by atoms with Crippen molar-refractivity contribution in [1.82, 2.24) is 9.55 Å². The summed E-state index contributed by atoms with van der Waals surface area (Å²) in [4.78, 5) is 25.7. The molecule has 14 heavy (non-hydrogen) atoms. The van der Waals surface area contributed by atoms with Gasteiger partial charge in [-0.1, -0.05) is 11.6 Å². The van der Waals surface area contributed by atoms with E-state index in [9.17, 15) is 9.59 Å². The van der Waals surface area contributed by atoms with Crippen LogP contribution in [0.25, 0.3) is 0 Å². The normalized spacial score (nSPS) is 10.1. The quantitative estimate of drug-likeness (QED) is 0.717. The summed E-state index contributed by atoms with van der Waals surface area (Å²) in [6, 6.07) is 0. The van der Waals surface area contributed by atoms with E-state index in [0.717, 1.165) is 4.57 Å². The van der Waals surface area contributed by atoms with Crippen molar-refractivity contribution >= 4 is 17.4 Å². The molecule has 0 saturated carbocycles. The molecule has 0 aromatic carbocycles. The summed E-state index contributed by atoms with van der Waals surface area (Å²) in [5.41, 5.74) is -0.501. The highest BCUT2D eigenvalue weighted by Gasteiger charge is 2.04. The number of methoxy groups -OCH3 is 1. The van der Waals surface area contributed by atoms with Gasteiger partial charge >= 0.3 is 5.69 Å². The van der Waals surface area contributed by atoms with Crippen molar-refractivity contribution in [1.29, 1.82) is 0 Å². The van der Waals surface area contributed by atoms with Crippen LogP contribution in [0.4, 0.5) is 0 Å². The van der Waals surface area contributed by atoms with Gasteiger partial charge in [0.2, 0.25) is 0 Å². The van der Waals surface area contributed by atoms with Crippen LogP contribution in [-0.4, -0.2) is 29.1 Å². The highest BCUT2D eigenvalue weighted by molar-refractivity contribution is 6.30. The van der Waals surface area contributed by atoms with E-state index in [4.69, 9.17) is 11.6 Å². The largest absolute Gasteiger partial charge is 0.377 e. The van der Waals surface area contributed by atoms with Crippen LogP contribution in [0.2, 0.25) is 5.02 Å². The molecule has 1 aromatic heterocycles. The number of Topliss-reactive ketones (excluding diaryl/α,β-unsaturated/α-hetero) is 1. The predicted octanol–water partition coefficient (Wildman–Crippen LogP) is 0.112. The first-order valence-corrected chi connectivity index (χ1v) is 4.24. The monoisotopic (exact) mass is 216 g/mol. The van der Waals surface area contributed by atoms with Gasteiger partial charge in [0.15, 0.2) is 5.78 Å². The maximum Gasteiger partial charge on any atom is 0.348 e. The molecule has 0 atom stereocenters. The molecule has 0 bridgehead atoms. The van der Waals surface area contributed by atoms with Gasteiger partial charge in [-0.25, -0.2) is 9.78 Å². The van der Waals surface area contributed by atoms with Gasteiger partial charge in [-0.15, -0.1) is 0 Å². The molecule has 0 amide bonds. The second-order valence-electron chi connectivity index (χ2n) is 2.65. The van der Waals surface area contributed by atoms with Gasteiger partial charge in [0.05, 0.1) is 17.8 Å². The fourth-order valence-corrected chi connectivity index (χ4v) is 1.10. The lowest BCUT2D eigenvalue weighted by Gasteiger charge is -2.03. The maximum absolute atomic E-state index is 11.1. The predicted molar refractivity (Wildman–Crippen MR) is 50.4 cm³/mol. The SMILES string of the molecule is COCC(=O)Cn1cc(Cl)cnc1=O. The first-order valence-electron chi connectivity index (χ1n) is 3.86. The van der Waals surface area contributed by atoms with Gasteiger partial charge in [0.1, 0.15) is 6.61 Å². The fraction of sp³-hybridized carbons (Fsp3) is 0.375.